The van der Waals surface area contributed by atoms with Gasteiger partial charge in [0.15, 0.2) is 5.82 Å². The van der Waals surface area contributed by atoms with E-state index in [4.69, 9.17) is 0 Å². The van der Waals surface area contributed by atoms with Gasteiger partial charge in [-0.05, 0) is 24.1 Å². The molecule has 136 valence electrons. The normalized spacial score (nSPS) is 16.2. The Kier molecular flexibility index (Phi) is 5.17. The summed E-state index contributed by atoms with van der Waals surface area (Å²) in [5, 5.41) is 8.68. The quantitative estimate of drug-likeness (QED) is 0.655. The SMILES string of the molecule is CCc1nnc2c(N3CCCN(Cc4cccc(Br)c4)CC3)nccn12. The molecule has 1 saturated heterocycles. The van der Waals surface area contributed by atoms with Crippen molar-refractivity contribution >= 4 is 27.4 Å². The molecule has 0 aliphatic carbocycles. The monoisotopic (exact) mass is 414 g/mol. The molecule has 0 N–H and O–H groups in total. The van der Waals surface area contributed by atoms with Crippen molar-refractivity contribution < 1.29 is 0 Å². The van der Waals surface area contributed by atoms with Crippen LogP contribution in [-0.4, -0.2) is 50.7 Å². The third kappa shape index (κ3) is 3.59. The third-order valence-electron chi connectivity index (χ3n) is 4.88. The van der Waals surface area contributed by atoms with Crippen molar-refractivity contribution in [2.75, 3.05) is 31.1 Å². The number of aromatic nitrogens is 4. The summed E-state index contributed by atoms with van der Waals surface area (Å²) in [6.45, 7) is 7.14. The molecule has 2 aromatic heterocycles. The zero-order valence-electron chi connectivity index (χ0n) is 15.0. The molecule has 0 unspecified atom stereocenters. The van der Waals surface area contributed by atoms with Gasteiger partial charge in [-0.2, -0.15) is 0 Å². The highest BCUT2D eigenvalue weighted by Gasteiger charge is 2.20. The average molecular weight is 415 g/mol. The molecule has 0 saturated carbocycles. The highest BCUT2D eigenvalue weighted by molar-refractivity contribution is 9.10. The highest BCUT2D eigenvalue weighted by Crippen LogP contribution is 2.20. The largest absolute Gasteiger partial charge is 0.352 e. The van der Waals surface area contributed by atoms with E-state index in [1.807, 2.05) is 12.4 Å². The third-order valence-corrected chi connectivity index (χ3v) is 5.37. The van der Waals surface area contributed by atoms with E-state index in [0.29, 0.717) is 0 Å². The molecule has 0 bridgehead atoms. The van der Waals surface area contributed by atoms with E-state index in [1.54, 1.807) is 0 Å². The molecule has 4 rings (SSSR count). The van der Waals surface area contributed by atoms with E-state index in [2.05, 4.69) is 76.5 Å². The van der Waals surface area contributed by atoms with Crippen LogP contribution in [-0.2, 0) is 13.0 Å². The lowest BCUT2D eigenvalue weighted by Crippen LogP contribution is -2.31. The number of hydrogen-bond donors (Lipinski definition) is 0. The van der Waals surface area contributed by atoms with Crippen LogP contribution in [0.5, 0.6) is 0 Å². The number of hydrogen-bond acceptors (Lipinski definition) is 5. The number of fused-ring (bicyclic) bond motifs is 1. The number of anilines is 1. The maximum absolute atomic E-state index is 4.62. The molecule has 1 aliphatic heterocycles. The van der Waals surface area contributed by atoms with Gasteiger partial charge in [-0.25, -0.2) is 4.98 Å². The molecule has 1 aliphatic rings. The number of benzene rings is 1. The Morgan fingerprint density at radius 2 is 2.04 bits per heavy atom. The van der Waals surface area contributed by atoms with E-state index >= 15 is 0 Å². The molecule has 1 fully saturated rings. The average Bonchev–Trinajstić information content (AvgIpc) is 2.94. The Hall–Kier alpha value is -1.99. The minimum Gasteiger partial charge on any atom is -0.352 e. The van der Waals surface area contributed by atoms with Crippen molar-refractivity contribution in [2.45, 2.75) is 26.3 Å². The Bertz CT molecular complexity index is 893. The van der Waals surface area contributed by atoms with Crippen LogP contribution < -0.4 is 4.90 Å². The van der Waals surface area contributed by atoms with Gasteiger partial charge in [-0.3, -0.25) is 9.30 Å². The van der Waals surface area contributed by atoms with Gasteiger partial charge < -0.3 is 4.90 Å². The van der Waals surface area contributed by atoms with E-state index < -0.39 is 0 Å². The fourth-order valence-corrected chi connectivity index (χ4v) is 4.01. The topological polar surface area (TPSA) is 49.6 Å². The van der Waals surface area contributed by atoms with Crippen LogP contribution in [0.25, 0.3) is 5.65 Å². The second-order valence-corrected chi connectivity index (χ2v) is 7.58. The van der Waals surface area contributed by atoms with Crippen molar-refractivity contribution in [1.82, 2.24) is 24.5 Å². The maximum Gasteiger partial charge on any atom is 0.203 e. The summed E-state index contributed by atoms with van der Waals surface area (Å²) in [7, 11) is 0. The first-order valence-electron chi connectivity index (χ1n) is 9.15. The van der Waals surface area contributed by atoms with Crippen LogP contribution in [0.3, 0.4) is 0 Å². The summed E-state index contributed by atoms with van der Waals surface area (Å²) in [5.74, 6) is 1.93. The van der Waals surface area contributed by atoms with Crippen molar-refractivity contribution in [3.63, 3.8) is 0 Å². The van der Waals surface area contributed by atoms with Gasteiger partial charge in [0, 0.05) is 56.0 Å². The van der Waals surface area contributed by atoms with Crippen molar-refractivity contribution in [3.8, 4) is 0 Å². The zero-order chi connectivity index (χ0) is 17.9. The summed E-state index contributed by atoms with van der Waals surface area (Å²) >= 11 is 3.56. The molecule has 1 aromatic carbocycles. The lowest BCUT2D eigenvalue weighted by Gasteiger charge is -2.23. The molecule has 0 spiro atoms. The fraction of sp³-hybridized carbons (Fsp3) is 0.421. The summed E-state index contributed by atoms with van der Waals surface area (Å²) in [6.07, 6.45) is 5.79. The Morgan fingerprint density at radius 1 is 1.12 bits per heavy atom. The van der Waals surface area contributed by atoms with Gasteiger partial charge >= 0.3 is 0 Å². The van der Waals surface area contributed by atoms with Gasteiger partial charge in [0.25, 0.3) is 0 Å². The lowest BCUT2D eigenvalue weighted by atomic mass is 10.2. The molecule has 3 heterocycles. The second-order valence-electron chi connectivity index (χ2n) is 6.66. The Balaban J connectivity index is 1.49. The van der Waals surface area contributed by atoms with E-state index in [0.717, 1.165) is 67.3 Å². The number of nitrogens with zero attached hydrogens (tertiary/aromatic N) is 6. The standard InChI is InChI=1S/C19H23BrN6/c1-2-17-22-23-19-18(21-7-10-26(17)19)25-9-4-8-24(11-12-25)14-15-5-3-6-16(20)13-15/h3,5-7,10,13H,2,4,8-9,11-12,14H2,1H3. The Labute approximate surface area is 162 Å². The van der Waals surface area contributed by atoms with Crippen LogP contribution in [0.2, 0.25) is 0 Å². The number of rotatable bonds is 4. The van der Waals surface area contributed by atoms with Gasteiger partial charge in [0.2, 0.25) is 5.65 Å². The van der Waals surface area contributed by atoms with Crippen LogP contribution in [0.15, 0.2) is 41.1 Å². The van der Waals surface area contributed by atoms with Gasteiger partial charge in [0.1, 0.15) is 5.82 Å². The first-order valence-corrected chi connectivity index (χ1v) is 9.94. The smallest absolute Gasteiger partial charge is 0.203 e. The van der Waals surface area contributed by atoms with Gasteiger partial charge in [-0.15, -0.1) is 10.2 Å². The number of aryl methyl sites for hydroxylation is 1. The summed E-state index contributed by atoms with van der Waals surface area (Å²) in [4.78, 5) is 9.49. The summed E-state index contributed by atoms with van der Waals surface area (Å²) < 4.78 is 3.20. The predicted molar refractivity (Wildman–Crippen MR) is 106 cm³/mol. The Morgan fingerprint density at radius 3 is 2.88 bits per heavy atom. The van der Waals surface area contributed by atoms with Gasteiger partial charge in [0.05, 0.1) is 0 Å². The molecule has 0 amide bonds. The molecule has 7 heteroatoms. The van der Waals surface area contributed by atoms with Crippen LogP contribution in [0.1, 0.15) is 24.7 Å². The molecule has 26 heavy (non-hydrogen) atoms. The van der Waals surface area contributed by atoms with Crippen LogP contribution >= 0.6 is 15.9 Å². The van der Waals surface area contributed by atoms with Crippen molar-refractivity contribution in [3.05, 3.63) is 52.5 Å². The van der Waals surface area contributed by atoms with Crippen LogP contribution in [0, 0.1) is 0 Å². The van der Waals surface area contributed by atoms with E-state index in [1.165, 1.54) is 5.56 Å². The van der Waals surface area contributed by atoms with E-state index in [9.17, 15) is 0 Å². The molecule has 0 atom stereocenters. The number of halogens is 1. The van der Waals surface area contributed by atoms with Crippen molar-refractivity contribution in [1.29, 1.82) is 0 Å². The predicted octanol–water partition coefficient (Wildman–Crippen LogP) is 3.16. The molecular weight excluding hydrogens is 392 g/mol. The van der Waals surface area contributed by atoms with Crippen LogP contribution in [0.4, 0.5) is 5.82 Å². The van der Waals surface area contributed by atoms with Crippen molar-refractivity contribution in [2.24, 2.45) is 0 Å². The summed E-state index contributed by atoms with van der Waals surface area (Å²) in [5.41, 5.74) is 2.21. The lowest BCUT2D eigenvalue weighted by molar-refractivity contribution is 0.285. The first-order chi connectivity index (χ1) is 12.7. The molecule has 0 radical (unpaired) electrons. The minimum atomic E-state index is 0.866. The molecule has 6 nitrogen and oxygen atoms in total. The molecular formula is C19H23BrN6. The van der Waals surface area contributed by atoms with Gasteiger partial charge in [-0.1, -0.05) is 35.0 Å². The fourth-order valence-electron chi connectivity index (χ4n) is 3.56. The second kappa shape index (κ2) is 7.72. The summed E-state index contributed by atoms with van der Waals surface area (Å²) in [6, 6.07) is 8.57. The first kappa shape index (κ1) is 17.4. The zero-order valence-corrected chi connectivity index (χ0v) is 16.6. The minimum absolute atomic E-state index is 0.866. The maximum atomic E-state index is 4.62. The van der Waals surface area contributed by atoms with E-state index in [-0.39, 0.29) is 0 Å². The molecule has 3 aromatic rings. The highest BCUT2D eigenvalue weighted by atomic mass is 79.9.